The summed E-state index contributed by atoms with van der Waals surface area (Å²) in [7, 11) is 1.69. The zero-order valence-electron chi connectivity index (χ0n) is 18.2. The largest absolute Gasteiger partial charge is 0.497 e. The molecule has 6 nitrogen and oxygen atoms in total. The summed E-state index contributed by atoms with van der Waals surface area (Å²) < 4.78 is 17.1. The van der Waals surface area contributed by atoms with Crippen molar-refractivity contribution in [1.29, 1.82) is 0 Å². The van der Waals surface area contributed by atoms with E-state index in [1.165, 1.54) is 18.4 Å². The molecule has 30 heavy (non-hydrogen) atoms. The number of nitrogens with one attached hydrogen (secondary N) is 2. The van der Waals surface area contributed by atoms with E-state index in [1.54, 1.807) is 7.11 Å². The summed E-state index contributed by atoms with van der Waals surface area (Å²) in [5.74, 6) is 2.55. The van der Waals surface area contributed by atoms with Gasteiger partial charge in [-0.1, -0.05) is 11.6 Å². The second-order valence-electron chi connectivity index (χ2n) is 7.56. The third-order valence-corrected chi connectivity index (χ3v) is 5.42. The van der Waals surface area contributed by atoms with Crippen LogP contribution in [0.2, 0.25) is 0 Å². The highest BCUT2D eigenvalue weighted by Crippen LogP contribution is 2.30. The van der Waals surface area contributed by atoms with Crippen molar-refractivity contribution in [3.63, 3.8) is 0 Å². The van der Waals surface area contributed by atoms with Crippen LogP contribution >= 0.6 is 24.0 Å². The molecule has 0 radical (unpaired) electrons. The van der Waals surface area contributed by atoms with Crippen LogP contribution in [-0.2, 0) is 11.3 Å². The van der Waals surface area contributed by atoms with E-state index >= 15 is 0 Å². The van der Waals surface area contributed by atoms with E-state index in [0.29, 0.717) is 12.6 Å². The van der Waals surface area contributed by atoms with E-state index in [0.717, 1.165) is 75.0 Å². The molecule has 0 bridgehead atoms. The average molecular weight is 529 g/mol. The van der Waals surface area contributed by atoms with Crippen LogP contribution in [-0.4, -0.2) is 45.5 Å². The summed E-state index contributed by atoms with van der Waals surface area (Å²) in [6.07, 6.45) is 9.31. The topological polar surface area (TPSA) is 64.1 Å². The number of aliphatic imine (C=N–C) groups is 1. The highest BCUT2D eigenvalue weighted by atomic mass is 127. The number of halogens is 1. The van der Waals surface area contributed by atoms with E-state index in [-0.39, 0.29) is 24.0 Å². The third kappa shape index (κ3) is 7.98. The van der Waals surface area contributed by atoms with E-state index in [4.69, 9.17) is 19.2 Å². The molecule has 0 atom stereocenters. The Bertz CT molecular complexity index is 703. The highest BCUT2D eigenvalue weighted by Gasteiger charge is 2.18. The Morgan fingerprint density at radius 3 is 2.77 bits per heavy atom. The Balaban J connectivity index is 0.00000320. The molecule has 0 aromatic heterocycles. The lowest BCUT2D eigenvalue weighted by Crippen LogP contribution is -2.38. The van der Waals surface area contributed by atoms with Crippen LogP contribution in [0.4, 0.5) is 0 Å². The minimum Gasteiger partial charge on any atom is -0.497 e. The third-order valence-electron chi connectivity index (χ3n) is 5.42. The highest BCUT2D eigenvalue weighted by molar-refractivity contribution is 14.0. The van der Waals surface area contributed by atoms with E-state index in [2.05, 4.69) is 29.7 Å². The maximum atomic E-state index is 6.29. The Hall–Kier alpha value is -1.48. The van der Waals surface area contributed by atoms with Crippen molar-refractivity contribution < 1.29 is 14.2 Å². The predicted octanol–water partition coefficient (Wildman–Crippen LogP) is 4.43. The molecule has 168 valence electrons. The second-order valence-corrected chi connectivity index (χ2v) is 7.56. The van der Waals surface area contributed by atoms with Gasteiger partial charge in [-0.05, 0) is 57.6 Å². The molecule has 2 N–H and O–H groups in total. The molecule has 7 heteroatoms. The minimum atomic E-state index is 0. The van der Waals surface area contributed by atoms with Crippen LogP contribution < -0.4 is 20.1 Å². The smallest absolute Gasteiger partial charge is 0.191 e. The average Bonchev–Trinajstić information content (AvgIpc) is 3.26. The first kappa shape index (κ1) is 24.8. The van der Waals surface area contributed by atoms with Crippen molar-refractivity contribution >= 4 is 29.9 Å². The number of nitrogens with zero attached hydrogens (tertiary/aromatic N) is 1. The molecule has 1 aromatic rings. The quantitative estimate of drug-likeness (QED) is 0.215. The molecule has 3 rings (SSSR count). The van der Waals surface area contributed by atoms with Crippen LogP contribution in [0.1, 0.15) is 51.0 Å². The number of methoxy groups -OCH3 is 1. The van der Waals surface area contributed by atoms with Gasteiger partial charge in [-0.2, -0.15) is 0 Å². The molecule has 1 saturated carbocycles. The lowest BCUT2D eigenvalue weighted by molar-refractivity contribution is 0.153. The summed E-state index contributed by atoms with van der Waals surface area (Å²) in [4.78, 5) is 4.79. The van der Waals surface area contributed by atoms with Gasteiger partial charge in [0.05, 0.1) is 33.0 Å². The van der Waals surface area contributed by atoms with Crippen molar-refractivity contribution in [3.05, 3.63) is 35.4 Å². The van der Waals surface area contributed by atoms with E-state index < -0.39 is 0 Å². The fraction of sp³-hybridized carbons (Fsp3) is 0.609. The zero-order chi connectivity index (χ0) is 20.3. The SMILES string of the molecule is CCNC(=NCc1ccc(OC)cc1OC1CCCC1)NCCC1=CCOCC1.I. The first-order valence-electron chi connectivity index (χ1n) is 10.9. The maximum absolute atomic E-state index is 6.29. The zero-order valence-corrected chi connectivity index (χ0v) is 20.6. The predicted molar refractivity (Wildman–Crippen MR) is 132 cm³/mol. The van der Waals surface area contributed by atoms with E-state index in [9.17, 15) is 0 Å². The van der Waals surface area contributed by atoms with Gasteiger partial charge in [0.2, 0.25) is 0 Å². The molecule has 0 spiro atoms. The van der Waals surface area contributed by atoms with Crippen molar-refractivity contribution in [3.8, 4) is 11.5 Å². The number of guanidine groups is 1. The Morgan fingerprint density at radius 2 is 2.07 bits per heavy atom. The molecular formula is C23H36IN3O3. The number of ether oxygens (including phenoxy) is 3. The minimum absolute atomic E-state index is 0. The maximum Gasteiger partial charge on any atom is 0.191 e. The van der Waals surface area contributed by atoms with Crippen molar-refractivity contribution in [2.75, 3.05) is 33.4 Å². The Morgan fingerprint density at radius 1 is 1.23 bits per heavy atom. The van der Waals surface area contributed by atoms with Gasteiger partial charge in [-0.25, -0.2) is 4.99 Å². The van der Waals surface area contributed by atoms with Crippen molar-refractivity contribution in [1.82, 2.24) is 10.6 Å². The molecule has 1 fully saturated rings. The molecule has 1 aliphatic heterocycles. The van der Waals surface area contributed by atoms with Crippen LogP contribution in [0.5, 0.6) is 11.5 Å². The fourth-order valence-electron chi connectivity index (χ4n) is 3.73. The summed E-state index contributed by atoms with van der Waals surface area (Å²) in [5, 5.41) is 6.78. The van der Waals surface area contributed by atoms with Gasteiger partial charge in [0.1, 0.15) is 11.5 Å². The molecule has 1 aromatic carbocycles. The molecule has 1 aliphatic carbocycles. The van der Waals surface area contributed by atoms with Crippen LogP contribution in [0, 0.1) is 0 Å². The van der Waals surface area contributed by atoms with Gasteiger partial charge in [-0.3, -0.25) is 0 Å². The van der Waals surface area contributed by atoms with Gasteiger partial charge in [0.25, 0.3) is 0 Å². The molecule has 0 amide bonds. The molecule has 0 saturated heterocycles. The lowest BCUT2D eigenvalue weighted by Gasteiger charge is -2.18. The standard InChI is InChI=1S/C23H35N3O3.HI/c1-3-24-23(25-13-10-18-11-14-28-15-12-18)26-17-19-8-9-21(27-2)16-22(19)29-20-6-4-5-7-20;/h8-9,11,16,20H,3-7,10,12-15,17H2,1-2H3,(H2,24,25,26);1H. The summed E-state index contributed by atoms with van der Waals surface area (Å²) >= 11 is 0. The van der Waals surface area contributed by atoms with Crippen molar-refractivity contribution in [2.45, 2.75) is 58.1 Å². The molecule has 2 aliphatic rings. The van der Waals surface area contributed by atoms with Crippen LogP contribution in [0.25, 0.3) is 0 Å². The summed E-state index contributed by atoms with van der Waals surface area (Å²) in [6.45, 7) is 5.92. The normalized spacial score (nSPS) is 17.1. The number of benzene rings is 1. The van der Waals surface area contributed by atoms with Gasteiger partial charge in [0.15, 0.2) is 5.96 Å². The van der Waals surface area contributed by atoms with Gasteiger partial charge >= 0.3 is 0 Å². The lowest BCUT2D eigenvalue weighted by atomic mass is 10.1. The van der Waals surface area contributed by atoms with Gasteiger partial charge in [-0.15, -0.1) is 24.0 Å². The first-order chi connectivity index (χ1) is 14.3. The van der Waals surface area contributed by atoms with Crippen LogP contribution in [0.3, 0.4) is 0 Å². The number of hydrogen-bond acceptors (Lipinski definition) is 4. The molecular weight excluding hydrogens is 493 g/mol. The first-order valence-corrected chi connectivity index (χ1v) is 10.9. The van der Waals surface area contributed by atoms with E-state index in [1.807, 2.05) is 12.1 Å². The monoisotopic (exact) mass is 529 g/mol. The van der Waals surface area contributed by atoms with Crippen molar-refractivity contribution in [2.24, 2.45) is 4.99 Å². The summed E-state index contributed by atoms with van der Waals surface area (Å²) in [6, 6.07) is 6.02. The second kappa shape index (κ2) is 13.7. The summed E-state index contributed by atoms with van der Waals surface area (Å²) in [5.41, 5.74) is 2.55. The van der Waals surface area contributed by atoms with Gasteiger partial charge < -0.3 is 24.8 Å². The molecule has 1 heterocycles. The molecule has 0 unspecified atom stereocenters. The number of hydrogen-bond donors (Lipinski definition) is 2. The Labute approximate surface area is 197 Å². The van der Waals surface area contributed by atoms with Crippen LogP contribution in [0.15, 0.2) is 34.8 Å². The number of rotatable bonds is 9. The fourth-order valence-corrected chi connectivity index (χ4v) is 3.73. The van der Waals surface area contributed by atoms with Gasteiger partial charge in [0, 0.05) is 24.7 Å². The Kier molecular flexibility index (Phi) is 11.4.